The number of carbonyl (C=O) groups excluding carboxylic acids is 1. The molecule has 0 aliphatic heterocycles. The molecule has 1 aromatic carbocycles. The van der Waals surface area contributed by atoms with Gasteiger partial charge in [0.25, 0.3) is 0 Å². The minimum atomic E-state index is -3.13. The fraction of sp³-hybridized carbons (Fsp3) is 0.417. The Balaban J connectivity index is 2.87. The molecule has 0 amide bonds. The van der Waals surface area contributed by atoms with Crippen molar-refractivity contribution in [2.75, 3.05) is 26.2 Å². The summed E-state index contributed by atoms with van der Waals surface area (Å²) < 4.78 is 32.1. The quantitative estimate of drug-likeness (QED) is 0.730. The van der Waals surface area contributed by atoms with Crippen molar-refractivity contribution in [3.63, 3.8) is 0 Å². The van der Waals surface area contributed by atoms with Gasteiger partial charge >= 0.3 is 0 Å². The lowest BCUT2D eigenvalue weighted by Gasteiger charge is -2.08. The average Bonchev–Trinajstić information content (AvgIpc) is 2.34. The zero-order valence-corrected chi connectivity index (χ0v) is 11.4. The van der Waals surface area contributed by atoms with Crippen LogP contribution in [-0.4, -0.2) is 40.4 Å². The van der Waals surface area contributed by atoms with Gasteiger partial charge < -0.3 is 9.47 Å². The van der Waals surface area contributed by atoms with Gasteiger partial charge in [0, 0.05) is 18.2 Å². The second-order valence-electron chi connectivity index (χ2n) is 3.87. The minimum absolute atomic E-state index is 0.0334. The number of carbonyl (C=O) groups is 1. The first-order chi connectivity index (χ1) is 8.37. The van der Waals surface area contributed by atoms with Crippen LogP contribution in [0.3, 0.4) is 0 Å². The minimum Gasteiger partial charge on any atom is -0.493 e. The Kier molecular flexibility index (Phi) is 4.72. The Morgan fingerprint density at radius 2 is 1.78 bits per heavy atom. The normalized spacial score (nSPS) is 11.1. The molecule has 18 heavy (non-hydrogen) atoms. The Hall–Kier alpha value is -1.56. The Bertz CT molecular complexity index is 533. The lowest BCUT2D eigenvalue weighted by molar-refractivity contribution is 0.0988. The largest absolute Gasteiger partial charge is 0.493 e. The van der Waals surface area contributed by atoms with Crippen LogP contribution in [0.4, 0.5) is 0 Å². The third-order valence-electron chi connectivity index (χ3n) is 2.41. The predicted molar refractivity (Wildman–Crippen MR) is 68.2 cm³/mol. The number of benzene rings is 1. The SMILES string of the molecule is COc1ccc(C(=O)CCS(C)(=O)=O)cc1OC. The molecule has 5 nitrogen and oxygen atoms in total. The van der Waals surface area contributed by atoms with Crippen LogP contribution in [0.2, 0.25) is 0 Å². The third-order valence-corrected chi connectivity index (χ3v) is 3.35. The molecule has 0 spiro atoms. The van der Waals surface area contributed by atoms with E-state index in [-0.39, 0.29) is 18.0 Å². The summed E-state index contributed by atoms with van der Waals surface area (Å²) in [7, 11) is -0.155. The number of ketones is 1. The molecule has 0 heterocycles. The molecule has 0 aliphatic rings. The Morgan fingerprint density at radius 1 is 1.17 bits per heavy atom. The first-order valence-corrected chi connectivity index (χ1v) is 7.36. The molecule has 0 N–H and O–H groups in total. The zero-order chi connectivity index (χ0) is 13.8. The van der Waals surface area contributed by atoms with E-state index in [1.54, 1.807) is 18.2 Å². The van der Waals surface area contributed by atoms with Crippen LogP contribution >= 0.6 is 0 Å². The number of Topliss-reactive ketones (excluding diaryl/α,β-unsaturated/α-hetero) is 1. The monoisotopic (exact) mass is 272 g/mol. The highest BCUT2D eigenvalue weighted by Crippen LogP contribution is 2.27. The van der Waals surface area contributed by atoms with Gasteiger partial charge in [0.1, 0.15) is 9.84 Å². The van der Waals surface area contributed by atoms with Crippen molar-refractivity contribution in [2.45, 2.75) is 6.42 Å². The molecule has 0 fully saturated rings. The van der Waals surface area contributed by atoms with Crippen LogP contribution in [0.15, 0.2) is 18.2 Å². The van der Waals surface area contributed by atoms with Crippen molar-refractivity contribution in [3.8, 4) is 11.5 Å². The fourth-order valence-corrected chi connectivity index (χ4v) is 1.99. The average molecular weight is 272 g/mol. The molecular formula is C12H16O5S. The van der Waals surface area contributed by atoms with Gasteiger partial charge in [-0.15, -0.1) is 0 Å². The number of methoxy groups -OCH3 is 2. The highest BCUT2D eigenvalue weighted by Gasteiger charge is 2.13. The van der Waals surface area contributed by atoms with Gasteiger partial charge in [0.2, 0.25) is 0 Å². The topological polar surface area (TPSA) is 69.7 Å². The van der Waals surface area contributed by atoms with Crippen LogP contribution in [0.25, 0.3) is 0 Å². The van der Waals surface area contributed by atoms with Gasteiger partial charge in [-0.25, -0.2) is 8.42 Å². The molecule has 0 unspecified atom stereocenters. The maximum Gasteiger partial charge on any atom is 0.164 e. The number of rotatable bonds is 6. The van der Waals surface area contributed by atoms with Crippen molar-refractivity contribution in [1.29, 1.82) is 0 Å². The van der Waals surface area contributed by atoms with Crippen LogP contribution in [0, 0.1) is 0 Å². The Morgan fingerprint density at radius 3 is 2.28 bits per heavy atom. The van der Waals surface area contributed by atoms with Crippen LogP contribution in [0.1, 0.15) is 16.8 Å². The van der Waals surface area contributed by atoms with Gasteiger partial charge in [-0.3, -0.25) is 4.79 Å². The number of sulfone groups is 1. The van der Waals surface area contributed by atoms with Crippen molar-refractivity contribution < 1.29 is 22.7 Å². The Labute approximate surface area is 107 Å². The van der Waals surface area contributed by atoms with E-state index in [0.717, 1.165) is 6.26 Å². The molecule has 1 rings (SSSR count). The third kappa shape index (κ3) is 4.03. The second-order valence-corrected chi connectivity index (χ2v) is 6.13. The van der Waals surface area contributed by atoms with Gasteiger partial charge in [-0.1, -0.05) is 0 Å². The first-order valence-electron chi connectivity index (χ1n) is 5.30. The molecular weight excluding hydrogens is 256 g/mol. The van der Waals surface area contributed by atoms with E-state index in [4.69, 9.17) is 9.47 Å². The second kappa shape index (κ2) is 5.86. The summed E-state index contributed by atoms with van der Waals surface area (Å²) in [6, 6.07) is 4.75. The number of ether oxygens (including phenoxy) is 2. The highest BCUT2D eigenvalue weighted by atomic mass is 32.2. The molecule has 0 saturated heterocycles. The van der Waals surface area contributed by atoms with Gasteiger partial charge in [0.15, 0.2) is 17.3 Å². The van der Waals surface area contributed by atoms with Crippen molar-refractivity contribution in [3.05, 3.63) is 23.8 Å². The van der Waals surface area contributed by atoms with Crippen molar-refractivity contribution in [2.24, 2.45) is 0 Å². The van der Waals surface area contributed by atoms with Crippen LogP contribution < -0.4 is 9.47 Å². The van der Waals surface area contributed by atoms with E-state index in [2.05, 4.69) is 0 Å². The summed E-state index contributed by atoms with van der Waals surface area (Å²) >= 11 is 0. The van der Waals surface area contributed by atoms with Crippen molar-refractivity contribution in [1.82, 2.24) is 0 Å². The van der Waals surface area contributed by atoms with E-state index < -0.39 is 9.84 Å². The molecule has 1 aromatic rings. The zero-order valence-electron chi connectivity index (χ0n) is 10.6. The fourth-order valence-electron chi connectivity index (χ4n) is 1.43. The number of hydrogen-bond donors (Lipinski definition) is 0. The van der Waals surface area contributed by atoms with Gasteiger partial charge in [0.05, 0.1) is 20.0 Å². The summed E-state index contributed by atoms with van der Waals surface area (Å²) in [5.41, 5.74) is 0.413. The highest BCUT2D eigenvalue weighted by molar-refractivity contribution is 7.90. The molecule has 0 bridgehead atoms. The van der Waals surface area contributed by atoms with Gasteiger partial charge in [-0.05, 0) is 18.2 Å². The molecule has 6 heteroatoms. The summed E-state index contributed by atoms with van der Waals surface area (Å²) in [6.45, 7) is 0. The van der Waals surface area contributed by atoms with Crippen molar-refractivity contribution >= 4 is 15.6 Å². The smallest absolute Gasteiger partial charge is 0.164 e. The summed E-state index contributed by atoms with van der Waals surface area (Å²) in [5, 5.41) is 0. The lowest BCUT2D eigenvalue weighted by atomic mass is 10.1. The summed E-state index contributed by atoms with van der Waals surface area (Å²) in [6.07, 6.45) is 1.07. The standard InChI is InChI=1S/C12H16O5S/c1-16-11-5-4-9(8-12(11)17-2)10(13)6-7-18(3,14)15/h4-5,8H,6-7H2,1-3H3. The van der Waals surface area contributed by atoms with E-state index in [1.165, 1.54) is 14.2 Å². The summed E-state index contributed by atoms with van der Waals surface area (Å²) in [4.78, 5) is 11.8. The maximum absolute atomic E-state index is 11.8. The molecule has 0 aliphatic carbocycles. The molecule has 0 atom stereocenters. The van der Waals surface area contributed by atoms with Gasteiger partial charge in [-0.2, -0.15) is 0 Å². The van der Waals surface area contributed by atoms with Crippen LogP contribution in [-0.2, 0) is 9.84 Å². The number of hydrogen-bond acceptors (Lipinski definition) is 5. The van der Waals surface area contributed by atoms with E-state index in [1.807, 2.05) is 0 Å². The molecule has 100 valence electrons. The first kappa shape index (κ1) is 14.5. The van der Waals surface area contributed by atoms with Crippen LogP contribution in [0.5, 0.6) is 11.5 Å². The lowest BCUT2D eigenvalue weighted by Crippen LogP contribution is -2.09. The van der Waals surface area contributed by atoms with E-state index in [9.17, 15) is 13.2 Å². The maximum atomic E-state index is 11.8. The van der Waals surface area contributed by atoms with E-state index in [0.29, 0.717) is 17.1 Å². The molecule has 0 saturated carbocycles. The summed E-state index contributed by atoms with van der Waals surface area (Å²) in [5.74, 6) is 0.585. The molecule has 0 aromatic heterocycles. The predicted octanol–water partition coefficient (Wildman–Crippen LogP) is 1.32. The van der Waals surface area contributed by atoms with E-state index >= 15 is 0 Å². The molecule has 0 radical (unpaired) electrons.